The van der Waals surface area contributed by atoms with E-state index in [2.05, 4.69) is 100 Å². The highest BCUT2D eigenvalue weighted by Crippen LogP contribution is 2.29. The second-order valence-electron chi connectivity index (χ2n) is 9.70. The molecule has 0 aliphatic carbocycles. The quantitative estimate of drug-likeness (QED) is 0.197. The molecule has 0 saturated carbocycles. The molecule has 4 aromatic carbocycles. The molecule has 36 heavy (non-hydrogen) atoms. The number of aryl methyl sites for hydroxylation is 6. The molecule has 0 bridgehead atoms. The molecule has 4 nitrogen and oxygen atoms in total. The van der Waals surface area contributed by atoms with Crippen LogP contribution in [0.1, 0.15) is 44.5 Å². The lowest BCUT2D eigenvalue weighted by atomic mass is 10.0. The van der Waals surface area contributed by atoms with Crippen molar-refractivity contribution in [2.24, 2.45) is 9.98 Å². The normalized spacial score (nSPS) is 11.9. The van der Waals surface area contributed by atoms with Gasteiger partial charge in [0.2, 0.25) is 0 Å². The van der Waals surface area contributed by atoms with E-state index in [9.17, 15) is 0 Å². The minimum absolute atomic E-state index is 0.843. The van der Waals surface area contributed by atoms with Gasteiger partial charge in [0.25, 0.3) is 0 Å². The summed E-state index contributed by atoms with van der Waals surface area (Å²) < 4.78 is 0. The van der Waals surface area contributed by atoms with Crippen molar-refractivity contribution in [1.82, 2.24) is 10.2 Å². The minimum atomic E-state index is 0.843. The molecule has 1 aromatic heterocycles. The van der Waals surface area contributed by atoms with Crippen LogP contribution in [0.5, 0.6) is 0 Å². The maximum absolute atomic E-state index is 4.84. The third-order valence-electron chi connectivity index (χ3n) is 6.61. The van der Waals surface area contributed by atoms with Crippen molar-refractivity contribution < 1.29 is 0 Å². The number of rotatable bonds is 4. The highest BCUT2D eigenvalue weighted by Gasteiger charge is 2.10. The van der Waals surface area contributed by atoms with Crippen molar-refractivity contribution in [3.05, 3.63) is 105 Å². The summed E-state index contributed by atoms with van der Waals surface area (Å²) in [6.45, 7) is 12.6. The van der Waals surface area contributed by atoms with Crippen LogP contribution in [0.4, 0.5) is 11.4 Å². The van der Waals surface area contributed by atoms with Crippen molar-refractivity contribution in [2.45, 2.75) is 41.5 Å². The summed E-state index contributed by atoms with van der Waals surface area (Å²) in [7, 11) is 0. The number of hydrogen-bond acceptors (Lipinski definition) is 4. The van der Waals surface area contributed by atoms with Crippen LogP contribution >= 0.6 is 0 Å². The average Bonchev–Trinajstić information content (AvgIpc) is 2.82. The number of aliphatic imine (C=N–C) groups is 2. The predicted molar refractivity (Wildman–Crippen MR) is 153 cm³/mol. The Morgan fingerprint density at radius 1 is 0.528 bits per heavy atom. The van der Waals surface area contributed by atoms with Gasteiger partial charge in [-0.15, -0.1) is 10.2 Å². The third-order valence-corrected chi connectivity index (χ3v) is 6.61. The van der Waals surface area contributed by atoms with Crippen LogP contribution in [0.2, 0.25) is 0 Å². The van der Waals surface area contributed by atoms with Gasteiger partial charge in [-0.25, -0.2) is 0 Å². The molecule has 0 aliphatic rings. The van der Waals surface area contributed by atoms with E-state index in [0.29, 0.717) is 0 Å². The van der Waals surface area contributed by atoms with E-state index in [1.54, 1.807) is 0 Å². The number of aromatic nitrogens is 2. The molecule has 0 amide bonds. The van der Waals surface area contributed by atoms with E-state index in [-0.39, 0.29) is 0 Å². The van der Waals surface area contributed by atoms with E-state index < -0.39 is 0 Å². The standard InChI is InChI=1S/C32H30N4/c1-19-13-21(3)29(22(4)14-19)33-17-25-9-7-11-27-28-12-8-10-26(32(28)36-35-31(25)27)18-34-30-23(5)15-20(2)16-24(30)6/h7-18H,1-6H3/b33-17+,34-18+. The summed E-state index contributed by atoms with van der Waals surface area (Å²) in [6.07, 6.45) is 3.81. The third kappa shape index (κ3) is 4.42. The molecule has 0 spiro atoms. The number of nitrogens with zero attached hydrogens (tertiary/aromatic N) is 4. The zero-order valence-corrected chi connectivity index (χ0v) is 21.7. The van der Waals surface area contributed by atoms with Crippen molar-refractivity contribution in [1.29, 1.82) is 0 Å². The van der Waals surface area contributed by atoms with Gasteiger partial charge in [-0.05, 0) is 63.8 Å². The molecule has 0 aliphatic heterocycles. The summed E-state index contributed by atoms with van der Waals surface area (Å²) in [5.74, 6) is 0. The maximum Gasteiger partial charge on any atom is 0.102 e. The lowest BCUT2D eigenvalue weighted by Gasteiger charge is -2.09. The molecule has 5 aromatic rings. The van der Waals surface area contributed by atoms with Gasteiger partial charge < -0.3 is 0 Å². The fourth-order valence-electron chi connectivity index (χ4n) is 5.11. The van der Waals surface area contributed by atoms with E-state index in [0.717, 1.165) is 44.3 Å². The van der Waals surface area contributed by atoms with Gasteiger partial charge in [-0.3, -0.25) is 9.98 Å². The van der Waals surface area contributed by atoms with Crippen LogP contribution in [0.3, 0.4) is 0 Å². The Morgan fingerprint density at radius 2 is 0.889 bits per heavy atom. The summed E-state index contributed by atoms with van der Waals surface area (Å²) in [6, 6.07) is 21.1. The van der Waals surface area contributed by atoms with E-state index >= 15 is 0 Å². The minimum Gasteiger partial charge on any atom is -0.256 e. The average molecular weight is 471 g/mol. The SMILES string of the molecule is Cc1cc(C)c(/N=C/c2cccc3c2nnc2c(/C=N/c4c(C)cc(C)cc4C)cccc23)c(C)c1. The Hall–Kier alpha value is -4.18. The number of fused-ring (bicyclic) bond motifs is 3. The molecule has 178 valence electrons. The van der Waals surface area contributed by atoms with Crippen molar-refractivity contribution in [3.8, 4) is 0 Å². The first-order valence-electron chi connectivity index (χ1n) is 12.2. The Labute approximate surface area is 212 Å². The van der Waals surface area contributed by atoms with Crippen molar-refractivity contribution in [2.75, 3.05) is 0 Å². The second-order valence-corrected chi connectivity index (χ2v) is 9.70. The first kappa shape index (κ1) is 23.6. The van der Waals surface area contributed by atoms with Gasteiger partial charge >= 0.3 is 0 Å². The smallest absolute Gasteiger partial charge is 0.102 e. The molecule has 0 radical (unpaired) electrons. The Morgan fingerprint density at radius 3 is 1.25 bits per heavy atom. The van der Waals surface area contributed by atoms with Crippen LogP contribution in [0.15, 0.2) is 70.6 Å². The zero-order chi connectivity index (χ0) is 25.4. The first-order valence-corrected chi connectivity index (χ1v) is 12.2. The molecule has 4 heteroatoms. The lowest BCUT2D eigenvalue weighted by Crippen LogP contribution is -1.96. The van der Waals surface area contributed by atoms with Gasteiger partial charge in [-0.1, -0.05) is 71.8 Å². The second kappa shape index (κ2) is 9.46. The van der Waals surface area contributed by atoms with E-state index in [1.807, 2.05) is 24.6 Å². The van der Waals surface area contributed by atoms with Crippen LogP contribution in [-0.2, 0) is 0 Å². The Kier molecular flexibility index (Phi) is 6.19. The molecular formula is C32H30N4. The molecule has 0 saturated heterocycles. The molecule has 1 heterocycles. The van der Waals surface area contributed by atoms with Gasteiger partial charge in [0.1, 0.15) is 11.0 Å². The van der Waals surface area contributed by atoms with Crippen LogP contribution in [0.25, 0.3) is 21.8 Å². The topological polar surface area (TPSA) is 50.5 Å². The summed E-state index contributed by atoms with van der Waals surface area (Å²) in [5.41, 5.74) is 12.8. The Bertz CT molecular complexity index is 1520. The van der Waals surface area contributed by atoms with Crippen LogP contribution < -0.4 is 0 Å². The first-order chi connectivity index (χ1) is 17.3. The zero-order valence-electron chi connectivity index (χ0n) is 21.7. The molecule has 5 rings (SSSR count). The highest BCUT2D eigenvalue weighted by atomic mass is 15.1. The van der Waals surface area contributed by atoms with Gasteiger partial charge in [0, 0.05) is 34.3 Å². The van der Waals surface area contributed by atoms with Gasteiger partial charge in [0.15, 0.2) is 0 Å². The van der Waals surface area contributed by atoms with E-state index in [1.165, 1.54) is 33.4 Å². The summed E-state index contributed by atoms with van der Waals surface area (Å²) >= 11 is 0. The van der Waals surface area contributed by atoms with Crippen LogP contribution in [0, 0.1) is 41.5 Å². The van der Waals surface area contributed by atoms with Gasteiger partial charge in [-0.2, -0.15) is 0 Å². The summed E-state index contributed by atoms with van der Waals surface area (Å²) in [5, 5.41) is 11.4. The summed E-state index contributed by atoms with van der Waals surface area (Å²) in [4.78, 5) is 9.67. The maximum atomic E-state index is 4.84. The fourth-order valence-corrected chi connectivity index (χ4v) is 5.11. The molecule has 0 unspecified atom stereocenters. The molecular weight excluding hydrogens is 440 g/mol. The fraction of sp³-hybridized carbons (Fsp3) is 0.188. The lowest BCUT2D eigenvalue weighted by molar-refractivity contribution is 1.12. The molecule has 0 N–H and O–H groups in total. The Balaban J connectivity index is 1.58. The van der Waals surface area contributed by atoms with Crippen LogP contribution in [-0.4, -0.2) is 22.6 Å². The van der Waals surface area contributed by atoms with Crippen molar-refractivity contribution >= 4 is 45.6 Å². The highest BCUT2D eigenvalue weighted by molar-refractivity contribution is 6.12. The molecule has 0 atom stereocenters. The monoisotopic (exact) mass is 470 g/mol. The van der Waals surface area contributed by atoms with Gasteiger partial charge in [0.05, 0.1) is 11.4 Å². The number of hydrogen-bond donors (Lipinski definition) is 0. The van der Waals surface area contributed by atoms with Crippen molar-refractivity contribution in [3.63, 3.8) is 0 Å². The molecule has 0 fully saturated rings. The van der Waals surface area contributed by atoms with E-state index in [4.69, 9.17) is 9.98 Å². The predicted octanol–water partition coefficient (Wildman–Crippen LogP) is 8.13. The number of benzene rings is 4. The largest absolute Gasteiger partial charge is 0.256 e.